The lowest BCUT2D eigenvalue weighted by Crippen LogP contribution is -2.52. The van der Waals surface area contributed by atoms with Gasteiger partial charge in [-0.2, -0.15) is 0 Å². The molecule has 1 saturated carbocycles. The number of halogens is 2. The number of hydrogen-bond donors (Lipinski definition) is 0. The van der Waals surface area contributed by atoms with E-state index in [1.165, 1.54) is 11.1 Å². The van der Waals surface area contributed by atoms with Gasteiger partial charge in [0.25, 0.3) is 0 Å². The maximum atomic E-state index is 12.8. The molecule has 2 aromatic rings. The van der Waals surface area contributed by atoms with Crippen LogP contribution in [-0.4, -0.2) is 43.8 Å². The second-order valence-electron chi connectivity index (χ2n) is 9.29. The maximum Gasteiger partial charge on any atom is 0.338 e. The largest absolute Gasteiger partial charge is 0.493 e. The predicted octanol–water partition coefficient (Wildman–Crippen LogP) is 5.49. The van der Waals surface area contributed by atoms with Gasteiger partial charge in [0, 0.05) is 23.9 Å². The van der Waals surface area contributed by atoms with Crippen molar-refractivity contribution in [2.75, 3.05) is 20.7 Å². The van der Waals surface area contributed by atoms with E-state index < -0.39 is 0 Å². The van der Waals surface area contributed by atoms with Crippen molar-refractivity contribution >= 4 is 29.2 Å². The molecule has 0 radical (unpaired) electrons. The van der Waals surface area contributed by atoms with Gasteiger partial charge in [-0.05, 0) is 62.2 Å². The van der Waals surface area contributed by atoms with Crippen LogP contribution in [0.4, 0.5) is 0 Å². The normalized spacial score (nSPS) is 28.8. The summed E-state index contributed by atoms with van der Waals surface area (Å²) in [6, 6.07) is 9.00. The molecule has 0 bridgehead atoms. The highest BCUT2D eigenvalue weighted by molar-refractivity contribution is 6.42. The van der Waals surface area contributed by atoms with Gasteiger partial charge in [-0.1, -0.05) is 36.2 Å². The van der Waals surface area contributed by atoms with Gasteiger partial charge in [-0.3, -0.25) is 0 Å². The number of rotatable bonds is 3. The Bertz CT molecular complexity index is 1070. The Morgan fingerprint density at radius 3 is 2.75 bits per heavy atom. The van der Waals surface area contributed by atoms with Gasteiger partial charge >= 0.3 is 5.97 Å². The van der Waals surface area contributed by atoms with Crippen LogP contribution in [0.1, 0.15) is 47.7 Å². The van der Waals surface area contributed by atoms with Crippen molar-refractivity contribution in [3.05, 3.63) is 57.1 Å². The van der Waals surface area contributed by atoms with E-state index in [0.717, 1.165) is 37.4 Å². The van der Waals surface area contributed by atoms with Gasteiger partial charge in [0.05, 0.1) is 22.7 Å². The molecule has 0 saturated heterocycles. The molecule has 32 heavy (non-hydrogen) atoms. The summed E-state index contributed by atoms with van der Waals surface area (Å²) in [5.41, 5.74) is 2.91. The van der Waals surface area contributed by atoms with Gasteiger partial charge in [-0.25, -0.2) is 4.79 Å². The van der Waals surface area contributed by atoms with Gasteiger partial charge < -0.3 is 19.1 Å². The van der Waals surface area contributed by atoms with Crippen LogP contribution in [0.3, 0.4) is 0 Å². The van der Waals surface area contributed by atoms with E-state index in [-0.39, 0.29) is 29.5 Å². The quantitative estimate of drug-likeness (QED) is 0.549. The Morgan fingerprint density at radius 2 is 2.00 bits per heavy atom. The average molecular weight is 476 g/mol. The molecule has 2 aromatic carbocycles. The smallest absolute Gasteiger partial charge is 0.338 e. The molecule has 0 N–H and O–H groups in total. The number of carbonyl (C=O) groups is 1. The van der Waals surface area contributed by atoms with Crippen LogP contribution in [0.15, 0.2) is 30.3 Å². The minimum absolute atomic E-state index is 0.0607. The van der Waals surface area contributed by atoms with E-state index in [1.807, 2.05) is 6.07 Å². The molecule has 4 atom stereocenters. The second kappa shape index (κ2) is 8.12. The summed E-state index contributed by atoms with van der Waals surface area (Å²) in [4.78, 5) is 15.2. The summed E-state index contributed by atoms with van der Waals surface area (Å²) in [5.74, 6) is 1.55. The summed E-state index contributed by atoms with van der Waals surface area (Å²) >= 11 is 12.1. The Labute approximate surface area is 198 Å². The van der Waals surface area contributed by atoms with Crippen molar-refractivity contribution in [1.82, 2.24) is 4.90 Å². The highest BCUT2D eigenvalue weighted by atomic mass is 35.5. The zero-order chi connectivity index (χ0) is 22.6. The monoisotopic (exact) mass is 475 g/mol. The fraction of sp³-hybridized carbons (Fsp3) is 0.480. The highest BCUT2D eigenvalue weighted by Crippen LogP contribution is 2.59. The Morgan fingerprint density at radius 1 is 1.19 bits per heavy atom. The molecule has 0 aromatic heterocycles. The van der Waals surface area contributed by atoms with Crippen molar-refractivity contribution in [2.45, 2.75) is 50.4 Å². The van der Waals surface area contributed by atoms with E-state index in [9.17, 15) is 4.79 Å². The molecule has 2 aliphatic heterocycles. The Balaban J connectivity index is 1.45. The molecule has 1 spiro atoms. The molecule has 1 fully saturated rings. The molecule has 5 nitrogen and oxygen atoms in total. The fourth-order valence-corrected chi connectivity index (χ4v) is 6.21. The van der Waals surface area contributed by atoms with Crippen LogP contribution in [0.2, 0.25) is 10.0 Å². The van der Waals surface area contributed by atoms with Gasteiger partial charge in [-0.15, -0.1) is 0 Å². The Kier molecular flexibility index (Phi) is 5.55. The predicted molar refractivity (Wildman–Crippen MR) is 124 cm³/mol. The van der Waals surface area contributed by atoms with E-state index in [1.54, 1.807) is 25.3 Å². The van der Waals surface area contributed by atoms with Crippen molar-refractivity contribution in [1.29, 1.82) is 0 Å². The van der Waals surface area contributed by atoms with Crippen molar-refractivity contribution in [2.24, 2.45) is 5.92 Å². The number of hydrogen-bond acceptors (Lipinski definition) is 5. The van der Waals surface area contributed by atoms with Crippen LogP contribution >= 0.6 is 23.2 Å². The van der Waals surface area contributed by atoms with Crippen LogP contribution in [0, 0.1) is 5.92 Å². The van der Waals surface area contributed by atoms with E-state index in [4.69, 9.17) is 37.4 Å². The van der Waals surface area contributed by atoms with Crippen molar-refractivity contribution in [3.8, 4) is 11.5 Å². The van der Waals surface area contributed by atoms with Crippen molar-refractivity contribution in [3.63, 3.8) is 0 Å². The summed E-state index contributed by atoms with van der Waals surface area (Å²) in [6.45, 7) is 4.15. The first kappa shape index (κ1) is 21.9. The second-order valence-corrected chi connectivity index (χ2v) is 10.1. The van der Waals surface area contributed by atoms with Crippen molar-refractivity contribution < 1.29 is 19.0 Å². The molecule has 1 aliphatic carbocycles. The van der Waals surface area contributed by atoms with Crippen LogP contribution in [0.25, 0.3) is 0 Å². The first-order valence-corrected chi connectivity index (χ1v) is 11.8. The van der Waals surface area contributed by atoms with E-state index >= 15 is 0 Å². The first-order valence-electron chi connectivity index (χ1n) is 11.0. The summed E-state index contributed by atoms with van der Waals surface area (Å²) in [6.07, 6.45) is 2.16. The topological polar surface area (TPSA) is 48.0 Å². The van der Waals surface area contributed by atoms with Crippen LogP contribution in [0.5, 0.6) is 11.5 Å². The molecular formula is C25H27Cl2NO4. The summed E-state index contributed by atoms with van der Waals surface area (Å²) in [5, 5.41) is 0.755. The highest BCUT2D eigenvalue weighted by Gasteiger charge is 2.58. The molecular weight excluding hydrogens is 449 g/mol. The van der Waals surface area contributed by atoms with Gasteiger partial charge in [0.15, 0.2) is 11.5 Å². The number of esters is 1. The first-order chi connectivity index (χ1) is 15.3. The third-order valence-corrected chi connectivity index (χ3v) is 8.22. The lowest BCUT2D eigenvalue weighted by Gasteiger charge is -2.46. The molecule has 7 heteroatoms. The average Bonchev–Trinajstić information content (AvgIpc) is 3.02. The Hall–Kier alpha value is -1.95. The van der Waals surface area contributed by atoms with Crippen LogP contribution < -0.4 is 9.47 Å². The number of carbonyl (C=O) groups excluding carboxylic acids is 1. The summed E-state index contributed by atoms with van der Waals surface area (Å²) in [7, 11) is 3.85. The molecule has 3 aliphatic rings. The standard InChI is InChI=1S/C25H27Cl2NO4/c1-14-10-17(31-24(29)15-4-6-18(26)19(27)11-15)12-21-25(14)8-9-28(2)13-16-5-7-20(30-3)23(32-21)22(16)25/h4-7,11,14,17,21H,8-10,12-13H2,1-3H3/t14?,17-,21?,25+/m0/s1. The molecule has 0 amide bonds. The van der Waals surface area contributed by atoms with E-state index in [2.05, 4.69) is 24.9 Å². The van der Waals surface area contributed by atoms with E-state index in [0.29, 0.717) is 22.0 Å². The molecule has 5 rings (SSSR count). The third kappa shape index (κ3) is 3.37. The molecule has 170 valence electrons. The number of nitrogens with zero attached hydrogens (tertiary/aromatic N) is 1. The van der Waals surface area contributed by atoms with Gasteiger partial charge in [0.2, 0.25) is 0 Å². The minimum atomic E-state index is -0.383. The molecule has 2 unspecified atom stereocenters. The zero-order valence-electron chi connectivity index (χ0n) is 18.5. The maximum absolute atomic E-state index is 12.8. The lowest BCUT2D eigenvalue weighted by molar-refractivity contribution is -0.0378. The van der Waals surface area contributed by atoms with Gasteiger partial charge in [0.1, 0.15) is 12.2 Å². The minimum Gasteiger partial charge on any atom is -0.493 e. The SMILES string of the molecule is COc1ccc2c3c1OC1C[C@@H](OC(=O)c4ccc(Cl)c(Cl)c4)CC(C)[C@@]31CCN(C)C2. The third-order valence-electron chi connectivity index (χ3n) is 7.48. The number of methoxy groups -OCH3 is 1. The lowest BCUT2D eigenvalue weighted by atomic mass is 9.59. The fourth-order valence-electron chi connectivity index (χ4n) is 5.91. The molecule has 2 heterocycles. The number of ether oxygens (including phenoxy) is 3. The zero-order valence-corrected chi connectivity index (χ0v) is 20.0. The number of benzene rings is 2. The summed E-state index contributed by atoms with van der Waals surface area (Å²) < 4.78 is 18.2. The van der Waals surface area contributed by atoms with Crippen LogP contribution in [-0.2, 0) is 16.7 Å².